The molecule has 0 heterocycles. The van der Waals surface area contributed by atoms with Crippen LogP contribution in [0.15, 0.2) is 0 Å². The first kappa shape index (κ1) is 12.9. The zero-order valence-electron chi connectivity index (χ0n) is 12.0. The largest absolute Gasteiger partial charge is 0.313 e. The van der Waals surface area contributed by atoms with Gasteiger partial charge in [-0.3, -0.25) is 4.90 Å². The van der Waals surface area contributed by atoms with Gasteiger partial charge in [0.2, 0.25) is 0 Å². The van der Waals surface area contributed by atoms with Crippen LogP contribution in [0.5, 0.6) is 0 Å². The second-order valence-electron chi connectivity index (χ2n) is 6.86. The van der Waals surface area contributed by atoms with Crippen molar-refractivity contribution in [1.29, 1.82) is 0 Å². The first-order valence-electron chi connectivity index (χ1n) is 8.34. The average Bonchev–Trinajstić information content (AvgIpc) is 3.24. The minimum Gasteiger partial charge on any atom is -0.313 e. The van der Waals surface area contributed by atoms with E-state index in [1.165, 1.54) is 64.5 Å². The molecule has 3 fully saturated rings. The maximum Gasteiger partial charge on any atom is 0.0249 e. The Morgan fingerprint density at radius 3 is 2.06 bits per heavy atom. The minimum atomic E-state index is 0.779. The lowest BCUT2D eigenvalue weighted by atomic mass is 9.88. The lowest BCUT2D eigenvalue weighted by molar-refractivity contribution is 0.112. The molecule has 1 N–H and O–H groups in total. The zero-order valence-corrected chi connectivity index (χ0v) is 12.0. The van der Waals surface area contributed by atoms with Crippen LogP contribution in [0, 0.1) is 11.8 Å². The van der Waals surface area contributed by atoms with Crippen molar-refractivity contribution in [2.75, 3.05) is 19.6 Å². The van der Waals surface area contributed by atoms with Gasteiger partial charge in [0.15, 0.2) is 0 Å². The van der Waals surface area contributed by atoms with Crippen molar-refractivity contribution in [2.45, 2.75) is 70.4 Å². The Kier molecular flexibility index (Phi) is 4.25. The molecular weight excluding hydrogens is 220 g/mol. The van der Waals surface area contributed by atoms with Gasteiger partial charge in [0, 0.05) is 25.2 Å². The number of rotatable bonds is 7. The van der Waals surface area contributed by atoms with Gasteiger partial charge < -0.3 is 5.32 Å². The third-order valence-electron chi connectivity index (χ3n) is 5.04. The Labute approximate surface area is 113 Å². The van der Waals surface area contributed by atoms with E-state index in [4.69, 9.17) is 0 Å². The van der Waals surface area contributed by atoms with Crippen LogP contribution in [0.2, 0.25) is 0 Å². The first-order chi connectivity index (χ1) is 8.86. The summed E-state index contributed by atoms with van der Waals surface area (Å²) in [4.78, 5) is 2.89. The van der Waals surface area contributed by atoms with Gasteiger partial charge in [-0.25, -0.2) is 0 Å². The molecule has 0 aromatic rings. The number of nitrogens with one attached hydrogen (secondary N) is 1. The summed E-state index contributed by atoms with van der Waals surface area (Å²) < 4.78 is 0. The summed E-state index contributed by atoms with van der Waals surface area (Å²) in [5.41, 5.74) is 0. The Morgan fingerprint density at radius 1 is 0.889 bits per heavy atom. The van der Waals surface area contributed by atoms with Gasteiger partial charge >= 0.3 is 0 Å². The molecular formula is C16H30N2. The van der Waals surface area contributed by atoms with E-state index in [0.717, 1.165) is 30.5 Å². The number of hydrogen-bond donors (Lipinski definition) is 1. The SMILES string of the molecule is CCNC1CCCCC1N(CC1CC1)CC1CC1. The highest BCUT2D eigenvalue weighted by Crippen LogP contribution is 2.36. The van der Waals surface area contributed by atoms with Crippen molar-refractivity contribution in [2.24, 2.45) is 11.8 Å². The quantitative estimate of drug-likeness (QED) is 0.747. The van der Waals surface area contributed by atoms with Crippen LogP contribution < -0.4 is 5.32 Å². The third kappa shape index (κ3) is 3.48. The van der Waals surface area contributed by atoms with Crippen molar-refractivity contribution in [1.82, 2.24) is 10.2 Å². The monoisotopic (exact) mass is 250 g/mol. The van der Waals surface area contributed by atoms with Crippen molar-refractivity contribution < 1.29 is 0 Å². The number of likely N-dealkylation sites (N-methyl/N-ethyl adjacent to an activating group) is 1. The topological polar surface area (TPSA) is 15.3 Å². The molecule has 0 aromatic heterocycles. The summed E-state index contributed by atoms with van der Waals surface area (Å²) in [5, 5.41) is 3.76. The molecule has 0 bridgehead atoms. The zero-order chi connectivity index (χ0) is 12.4. The standard InChI is InChI=1S/C16H30N2/c1-2-17-15-5-3-4-6-16(15)18(11-13-7-8-13)12-14-9-10-14/h13-17H,2-12H2,1H3. The summed E-state index contributed by atoms with van der Waals surface area (Å²) in [5.74, 6) is 2.10. The first-order valence-corrected chi connectivity index (χ1v) is 8.34. The molecule has 2 unspecified atom stereocenters. The van der Waals surface area contributed by atoms with E-state index in [9.17, 15) is 0 Å². The molecule has 2 atom stereocenters. The van der Waals surface area contributed by atoms with Gasteiger partial charge in [0.25, 0.3) is 0 Å². The molecule has 0 aliphatic heterocycles. The van der Waals surface area contributed by atoms with Crippen LogP contribution in [-0.4, -0.2) is 36.6 Å². The van der Waals surface area contributed by atoms with Crippen LogP contribution >= 0.6 is 0 Å². The molecule has 0 amide bonds. The van der Waals surface area contributed by atoms with Crippen molar-refractivity contribution in [3.63, 3.8) is 0 Å². The molecule has 0 spiro atoms. The molecule has 3 saturated carbocycles. The van der Waals surface area contributed by atoms with E-state index in [0.29, 0.717) is 0 Å². The predicted octanol–water partition coefficient (Wildman–Crippen LogP) is 3.03. The molecule has 3 aliphatic carbocycles. The van der Waals surface area contributed by atoms with E-state index in [-0.39, 0.29) is 0 Å². The van der Waals surface area contributed by atoms with Crippen molar-refractivity contribution in [3.8, 4) is 0 Å². The van der Waals surface area contributed by atoms with E-state index < -0.39 is 0 Å². The average molecular weight is 250 g/mol. The number of nitrogens with zero attached hydrogens (tertiary/aromatic N) is 1. The van der Waals surface area contributed by atoms with Crippen LogP contribution in [0.3, 0.4) is 0 Å². The van der Waals surface area contributed by atoms with Crippen LogP contribution in [0.4, 0.5) is 0 Å². The predicted molar refractivity (Wildman–Crippen MR) is 76.7 cm³/mol. The summed E-state index contributed by atoms with van der Waals surface area (Å²) in [6, 6.07) is 1.63. The molecule has 2 nitrogen and oxygen atoms in total. The van der Waals surface area contributed by atoms with Gasteiger partial charge in [0.1, 0.15) is 0 Å². The van der Waals surface area contributed by atoms with Crippen LogP contribution in [0.1, 0.15) is 58.3 Å². The molecule has 0 saturated heterocycles. The fourth-order valence-corrected chi connectivity index (χ4v) is 3.66. The van der Waals surface area contributed by atoms with Crippen molar-refractivity contribution in [3.05, 3.63) is 0 Å². The lowest BCUT2D eigenvalue weighted by Gasteiger charge is -2.40. The second-order valence-corrected chi connectivity index (χ2v) is 6.86. The molecule has 18 heavy (non-hydrogen) atoms. The maximum absolute atomic E-state index is 3.76. The molecule has 0 radical (unpaired) electrons. The molecule has 104 valence electrons. The Morgan fingerprint density at radius 2 is 1.50 bits per heavy atom. The third-order valence-corrected chi connectivity index (χ3v) is 5.04. The Hall–Kier alpha value is -0.0800. The van der Waals surface area contributed by atoms with E-state index in [1.54, 1.807) is 0 Å². The summed E-state index contributed by atoms with van der Waals surface area (Å²) >= 11 is 0. The molecule has 3 aliphatic rings. The highest BCUT2D eigenvalue weighted by Gasteiger charge is 2.36. The highest BCUT2D eigenvalue weighted by atomic mass is 15.2. The Bertz CT molecular complexity index is 242. The molecule has 2 heteroatoms. The second kappa shape index (κ2) is 5.92. The minimum absolute atomic E-state index is 0.779. The van der Waals surface area contributed by atoms with Gasteiger partial charge in [-0.05, 0) is 56.9 Å². The molecule has 3 rings (SSSR count). The van der Waals surface area contributed by atoms with Crippen molar-refractivity contribution >= 4 is 0 Å². The maximum atomic E-state index is 3.76. The summed E-state index contributed by atoms with van der Waals surface area (Å²) in [6.07, 6.45) is 11.7. The summed E-state index contributed by atoms with van der Waals surface area (Å²) in [6.45, 7) is 6.21. The Balaban J connectivity index is 1.60. The van der Waals surface area contributed by atoms with Gasteiger partial charge in [-0.15, -0.1) is 0 Å². The van der Waals surface area contributed by atoms with Gasteiger partial charge in [0.05, 0.1) is 0 Å². The van der Waals surface area contributed by atoms with Gasteiger partial charge in [-0.1, -0.05) is 19.8 Å². The van der Waals surface area contributed by atoms with Crippen LogP contribution in [0.25, 0.3) is 0 Å². The fraction of sp³-hybridized carbons (Fsp3) is 1.00. The van der Waals surface area contributed by atoms with Crippen LogP contribution in [-0.2, 0) is 0 Å². The lowest BCUT2D eigenvalue weighted by Crippen LogP contribution is -2.52. The normalized spacial score (nSPS) is 33.0. The van der Waals surface area contributed by atoms with Gasteiger partial charge in [-0.2, -0.15) is 0 Å². The van der Waals surface area contributed by atoms with E-state index >= 15 is 0 Å². The number of hydrogen-bond acceptors (Lipinski definition) is 2. The fourth-order valence-electron chi connectivity index (χ4n) is 3.66. The highest BCUT2D eigenvalue weighted by molar-refractivity contribution is 4.92. The smallest absolute Gasteiger partial charge is 0.0249 e. The summed E-state index contributed by atoms with van der Waals surface area (Å²) in [7, 11) is 0. The van der Waals surface area contributed by atoms with E-state index in [2.05, 4.69) is 17.1 Å². The molecule has 0 aromatic carbocycles. The van der Waals surface area contributed by atoms with E-state index in [1.807, 2.05) is 0 Å².